The number of fused-ring (bicyclic) bond motifs is 1. The molecule has 1 aromatic rings. The van der Waals surface area contributed by atoms with Crippen LogP contribution >= 0.6 is 0 Å². The zero-order chi connectivity index (χ0) is 11.0. The largest absolute Gasteiger partial charge is 0.504 e. The highest BCUT2D eigenvalue weighted by Crippen LogP contribution is 2.40. The molecule has 1 heterocycles. The maximum absolute atomic E-state index is 13.1. The van der Waals surface area contributed by atoms with Gasteiger partial charge in [-0.15, -0.1) is 0 Å². The van der Waals surface area contributed by atoms with E-state index >= 15 is 0 Å². The SMILES string of the molecule is NC(=O)c1c(O)c(F)cc2c1OCCO2. The number of hydrogen-bond donors (Lipinski definition) is 2. The Kier molecular flexibility index (Phi) is 2.11. The molecule has 0 radical (unpaired) electrons. The topological polar surface area (TPSA) is 81.8 Å². The molecule has 2 rings (SSSR count). The van der Waals surface area contributed by atoms with Crippen molar-refractivity contribution in [2.45, 2.75) is 0 Å². The first-order valence-electron chi connectivity index (χ1n) is 4.22. The minimum absolute atomic E-state index is 0.00681. The fraction of sp³-hybridized carbons (Fsp3) is 0.222. The van der Waals surface area contributed by atoms with Gasteiger partial charge in [0.2, 0.25) is 0 Å². The van der Waals surface area contributed by atoms with E-state index in [0.29, 0.717) is 0 Å². The van der Waals surface area contributed by atoms with Crippen molar-refractivity contribution in [2.24, 2.45) is 5.73 Å². The molecule has 0 saturated carbocycles. The molecule has 1 aliphatic heterocycles. The summed E-state index contributed by atoms with van der Waals surface area (Å²) in [6, 6.07) is 0.955. The van der Waals surface area contributed by atoms with E-state index in [-0.39, 0.29) is 30.3 Å². The van der Waals surface area contributed by atoms with Gasteiger partial charge < -0.3 is 20.3 Å². The van der Waals surface area contributed by atoms with E-state index in [4.69, 9.17) is 15.2 Å². The Balaban J connectivity index is 2.68. The fourth-order valence-corrected chi connectivity index (χ4v) is 1.37. The lowest BCUT2D eigenvalue weighted by Gasteiger charge is -2.20. The lowest BCUT2D eigenvalue weighted by atomic mass is 10.1. The summed E-state index contributed by atoms with van der Waals surface area (Å²) < 4.78 is 23.3. The third kappa shape index (κ3) is 1.43. The molecule has 5 nitrogen and oxygen atoms in total. The zero-order valence-corrected chi connectivity index (χ0v) is 7.62. The number of carbonyl (C=O) groups is 1. The predicted molar refractivity (Wildman–Crippen MR) is 47.6 cm³/mol. The van der Waals surface area contributed by atoms with E-state index in [0.717, 1.165) is 6.07 Å². The smallest absolute Gasteiger partial charge is 0.256 e. The van der Waals surface area contributed by atoms with Crippen LogP contribution in [-0.2, 0) is 0 Å². The van der Waals surface area contributed by atoms with Gasteiger partial charge in [-0.3, -0.25) is 4.79 Å². The maximum Gasteiger partial charge on any atom is 0.256 e. The second kappa shape index (κ2) is 3.30. The number of aromatic hydroxyl groups is 1. The van der Waals surface area contributed by atoms with Gasteiger partial charge in [0.25, 0.3) is 5.91 Å². The first kappa shape index (κ1) is 9.57. The number of rotatable bonds is 1. The van der Waals surface area contributed by atoms with Crippen LogP contribution in [0.3, 0.4) is 0 Å². The highest BCUT2D eigenvalue weighted by Gasteiger charge is 2.26. The summed E-state index contributed by atoms with van der Waals surface area (Å²) in [5.41, 5.74) is 4.62. The van der Waals surface area contributed by atoms with Crippen molar-refractivity contribution in [3.63, 3.8) is 0 Å². The van der Waals surface area contributed by atoms with Gasteiger partial charge in [0.05, 0.1) is 0 Å². The maximum atomic E-state index is 13.1. The number of ether oxygens (including phenoxy) is 2. The number of halogens is 1. The van der Waals surface area contributed by atoms with Crippen molar-refractivity contribution in [1.82, 2.24) is 0 Å². The molecule has 0 spiro atoms. The van der Waals surface area contributed by atoms with Crippen molar-refractivity contribution in [3.8, 4) is 17.2 Å². The van der Waals surface area contributed by atoms with Crippen molar-refractivity contribution in [2.75, 3.05) is 13.2 Å². The monoisotopic (exact) mass is 213 g/mol. The standard InChI is InChI=1S/C9H8FNO4/c10-4-3-5-8(15-2-1-14-5)6(7(4)12)9(11)13/h3,12H,1-2H2,(H2,11,13). The molecule has 0 atom stereocenters. The lowest BCUT2D eigenvalue weighted by Crippen LogP contribution is -2.21. The predicted octanol–water partition coefficient (Wildman–Crippen LogP) is 0.401. The quantitative estimate of drug-likeness (QED) is 0.707. The van der Waals surface area contributed by atoms with Crippen molar-refractivity contribution in [1.29, 1.82) is 0 Å². The Morgan fingerprint density at radius 1 is 1.47 bits per heavy atom. The van der Waals surface area contributed by atoms with E-state index in [1.165, 1.54) is 0 Å². The average Bonchev–Trinajstić information content (AvgIpc) is 2.19. The van der Waals surface area contributed by atoms with Crippen molar-refractivity contribution >= 4 is 5.91 Å². The molecule has 0 bridgehead atoms. The molecule has 6 heteroatoms. The fourth-order valence-electron chi connectivity index (χ4n) is 1.37. The Bertz CT molecular complexity index is 433. The van der Waals surface area contributed by atoms with Crippen LogP contribution < -0.4 is 15.2 Å². The van der Waals surface area contributed by atoms with Gasteiger partial charge >= 0.3 is 0 Å². The molecule has 0 aliphatic carbocycles. The zero-order valence-electron chi connectivity index (χ0n) is 7.62. The average molecular weight is 213 g/mol. The van der Waals surface area contributed by atoms with E-state index in [1.54, 1.807) is 0 Å². The summed E-state index contributed by atoms with van der Waals surface area (Å²) >= 11 is 0. The molecule has 1 amide bonds. The van der Waals surface area contributed by atoms with Crippen LogP contribution in [0, 0.1) is 5.82 Å². The summed E-state index contributed by atoms with van der Waals surface area (Å²) in [5.74, 6) is -2.67. The summed E-state index contributed by atoms with van der Waals surface area (Å²) in [6.45, 7) is 0.480. The van der Waals surface area contributed by atoms with Crippen LogP contribution in [0.15, 0.2) is 6.07 Å². The molecule has 0 unspecified atom stereocenters. The number of amides is 1. The number of hydrogen-bond acceptors (Lipinski definition) is 4. The molecule has 1 aromatic carbocycles. The number of benzene rings is 1. The number of phenols is 1. The Hall–Kier alpha value is -1.98. The third-order valence-electron chi connectivity index (χ3n) is 2.01. The highest BCUT2D eigenvalue weighted by atomic mass is 19.1. The second-order valence-corrected chi connectivity index (χ2v) is 2.97. The van der Waals surface area contributed by atoms with Gasteiger partial charge in [-0.25, -0.2) is 4.39 Å². The van der Waals surface area contributed by atoms with Crippen molar-refractivity contribution in [3.05, 3.63) is 17.4 Å². The molecule has 0 saturated heterocycles. The summed E-state index contributed by atoms with van der Waals surface area (Å²) in [7, 11) is 0. The van der Waals surface area contributed by atoms with E-state index < -0.39 is 17.5 Å². The lowest BCUT2D eigenvalue weighted by molar-refractivity contribution is 0.0984. The van der Waals surface area contributed by atoms with Crippen LogP contribution in [0.5, 0.6) is 17.2 Å². The van der Waals surface area contributed by atoms with Crippen molar-refractivity contribution < 1.29 is 23.8 Å². The van der Waals surface area contributed by atoms with E-state index in [9.17, 15) is 14.3 Å². The van der Waals surface area contributed by atoms with Gasteiger partial charge in [-0.1, -0.05) is 0 Å². The van der Waals surface area contributed by atoms with Gasteiger partial charge in [0.15, 0.2) is 23.1 Å². The van der Waals surface area contributed by atoms with Crippen LogP contribution in [0.25, 0.3) is 0 Å². The minimum atomic E-state index is -0.965. The Labute approximate surface area is 84.2 Å². The minimum Gasteiger partial charge on any atom is -0.504 e. The number of primary amides is 1. The van der Waals surface area contributed by atoms with E-state index in [1.807, 2.05) is 0 Å². The summed E-state index contributed by atoms with van der Waals surface area (Å²) in [5, 5.41) is 9.31. The van der Waals surface area contributed by atoms with E-state index in [2.05, 4.69) is 0 Å². The highest BCUT2D eigenvalue weighted by molar-refractivity contribution is 5.99. The van der Waals surface area contributed by atoms with Crippen LogP contribution in [0.4, 0.5) is 4.39 Å². The van der Waals surface area contributed by atoms with Crippen LogP contribution in [0.1, 0.15) is 10.4 Å². The van der Waals surface area contributed by atoms with Gasteiger partial charge in [-0.05, 0) is 0 Å². The van der Waals surface area contributed by atoms with Crippen LogP contribution in [0.2, 0.25) is 0 Å². The van der Waals surface area contributed by atoms with Gasteiger partial charge in [0, 0.05) is 6.07 Å². The molecule has 3 N–H and O–H groups in total. The summed E-state index contributed by atoms with van der Waals surface area (Å²) in [4.78, 5) is 11.0. The summed E-state index contributed by atoms with van der Waals surface area (Å²) in [6.07, 6.45) is 0. The number of nitrogens with two attached hydrogens (primary N) is 1. The molecule has 0 aromatic heterocycles. The normalized spacial score (nSPS) is 13.7. The number of carbonyl (C=O) groups excluding carboxylic acids is 1. The first-order valence-corrected chi connectivity index (χ1v) is 4.22. The molecular formula is C9H8FNO4. The molecule has 1 aliphatic rings. The molecule has 15 heavy (non-hydrogen) atoms. The van der Waals surface area contributed by atoms with Gasteiger partial charge in [0.1, 0.15) is 18.8 Å². The third-order valence-corrected chi connectivity index (χ3v) is 2.01. The van der Waals surface area contributed by atoms with Crippen LogP contribution in [-0.4, -0.2) is 24.2 Å². The molecule has 80 valence electrons. The molecular weight excluding hydrogens is 205 g/mol. The molecule has 0 fully saturated rings. The second-order valence-electron chi connectivity index (χ2n) is 2.97. The van der Waals surface area contributed by atoms with Gasteiger partial charge in [-0.2, -0.15) is 0 Å². The first-order chi connectivity index (χ1) is 7.11. The Morgan fingerprint density at radius 2 is 2.13 bits per heavy atom. The Morgan fingerprint density at radius 3 is 2.80 bits per heavy atom.